The molecule has 0 atom stereocenters. The maximum Gasteiger partial charge on any atom is 0.0700 e. The summed E-state index contributed by atoms with van der Waals surface area (Å²) >= 11 is 0. The zero-order chi connectivity index (χ0) is 10.3. The number of nitrogens with zero attached hydrogens (tertiary/aromatic N) is 1. The number of allylic oxidation sites excluding steroid dienone is 3. The van der Waals surface area contributed by atoms with Gasteiger partial charge < -0.3 is 5.84 Å². The summed E-state index contributed by atoms with van der Waals surface area (Å²) in [6.07, 6.45) is 9.28. The Hall–Kier alpha value is -1.96. The standard InChI is InChI=1S/C13H12N2/c14-15-12-8-3-1-2-6-10(12)11-7-4-5-9-13(11)15/h1-5,7-9H,6,14H2. The van der Waals surface area contributed by atoms with E-state index < -0.39 is 0 Å². The molecule has 0 aliphatic heterocycles. The third kappa shape index (κ3) is 1.11. The van der Waals surface area contributed by atoms with E-state index in [1.165, 1.54) is 10.9 Å². The number of hydrogen-bond donors (Lipinski definition) is 1. The summed E-state index contributed by atoms with van der Waals surface area (Å²) in [6, 6.07) is 8.26. The fourth-order valence-corrected chi connectivity index (χ4v) is 2.16. The average Bonchev–Trinajstić information content (AvgIpc) is 2.48. The van der Waals surface area contributed by atoms with Crippen LogP contribution < -0.4 is 5.84 Å². The molecule has 0 unspecified atom stereocenters. The molecule has 2 heteroatoms. The highest BCUT2D eigenvalue weighted by molar-refractivity contribution is 5.88. The molecular weight excluding hydrogens is 184 g/mol. The Morgan fingerprint density at radius 1 is 1.13 bits per heavy atom. The predicted octanol–water partition coefficient (Wildman–Crippen LogP) is 2.48. The largest absolute Gasteiger partial charge is 0.339 e. The van der Waals surface area contributed by atoms with Crippen molar-refractivity contribution in [2.24, 2.45) is 0 Å². The second-order valence-electron chi connectivity index (χ2n) is 3.74. The lowest BCUT2D eigenvalue weighted by Crippen LogP contribution is -2.09. The van der Waals surface area contributed by atoms with Crippen LogP contribution in [0.3, 0.4) is 0 Å². The molecule has 15 heavy (non-hydrogen) atoms. The molecule has 0 radical (unpaired) electrons. The summed E-state index contributed by atoms with van der Waals surface area (Å²) in [6.45, 7) is 0. The van der Waals surface area contributed by atoms with E-state index in [9.17, 15) is 0 Å². The molecule has 0 saturated carbocycles. The molecule has 1 aliphatic carbocycles. The molecule has 0 amide bonds. The van der Waals surface area contributed by atoms with Crippen LogP contribution in [0.2, 0.25) is 0 Å². The Bertz CT molecular complexity index is 573. The van der Waals surface area contributed by atoms with E-state index in [1.54, 1.807) is 4.68 Å². The molecule has 1 aromatic heterocycles. The van der Waals surface area contributed by atoms with Gasteiger partial charge in [-0.25, -0.2) is 0 Å². The van der Waals surface area contributed by atoms with Crippen molar-refractivity contribution in [3.05, 3.63) is 53.8 Å². The van der Waals surface area contributed by atoms with Gasteiger partial charge in [-0.05, 0) is 24.1 Å². The molecule has 2 nitrogen and oxygen atoms in total. The van der Waals surface area contributed by atoms with E-state index in [0.717, 1.165) is 17.6 Å². The average molecular weight is 196 g/mol. The van der Waals surface area contributed by atoms with Gasteiger partial charge in [0.05, 0.1) is 11.2 Å². The number of hydrogen-bond acceptors (Lipinski definition) is 1. The summed E-state index contributed by atoms with van der Waals surface area (Å²) in [5.41, 5.74) is 3.53. The molecular formula is C13H12N2. The van der Waals surface area contributed by atoms with Crippen molar-refractivity contribution in [1.82, 2.24) is 4.68 Å². The minimum atomic E-state index is 0.951. The smallest absolute Gasteiger partial charge is 0.0700 e. The normalized spacial score (nSPS) is 14.1. The van der Waals surface area contributed by atoms with Crippen molar-refractivity contribution >= 4 is 17.0 Å². The summed E-state index contributed by atoms with van der Waals surface area (Å²) in [5, 5.41) is 1.26. The van der Waals surface area contributed by atoms with E-state index in [4.69, 9.17) is 5.84 Å². The zero-order valence-corrected chi connectivity index (χ0v) is 8.35. The Morgan fingerprint density at radius 2 is 2.00 bits per heavy atom. The van der Waals surface area contributed by atoms with Gasteiger partial charge in [-0.1, -0.05) is 36.4 Å². The van der Waals surface area contributed by atoms with Crippen LogP contribution in [0.15, 0.2) is 42.5 Å². The number of nitrogen functional groups attached to an aromatic ring is 1. The van der Waals surface area contributed by atoms with Gasteiger partial charge >= 0.3 is 0 Å². The van der Waals surface area contributed by atoms with Crippen molar-refractivity contribution in [3.8, 4) is 0 Å². The highest BCUT2D eigenvalue weighted by Gasteiger charge is 2.12. The summed E-state index contributed by atoms with van der Waals surface area (Å²) in [5.74, 6) is 6.07. The van der Waals surface area contributed by atoms with E-state index in [2.05, 4.69) is 36.4 Å². The van der Waals surface area contributed by atoms with Gasteiger partial charge in [0.15, 0.2) is 0 Å². The maximum atomic E-state index is 6.07. The van der Waals surface area contributed by atoms with Gasteiger partial charge in [0.2, 0.25) is 0 Å². The van der Waals surface area contributed by atoms with Gasteiger partial charge in [0.25, 0.3) is 0 Å². The predicted molar refractivity (Wildman–Crippen MR) is 64.0 cm³/mol. The zero-order valence-electron chi connectivity index (χ0n) is 8.35. The minimum Gasteiger partial charge on any atom is -0.339 e. The number of nitrogens with two attached hydrogens (primary N) is 1. The number of benzene rings is 1. The second-order valence-corrected chi connectivity index (χ2v) is 3.74. The maximum absolute atomic E-state index is 6.07. The number of fused-ring (bicyclic) bond motifs is 3. The Kier molecular flexibility index (Phi) is 1.68. The molecule has 0 bridgehead atoms. The minimum absolute atomic E-state index is 0.951. The fraction of sp³-hybridized carbons (Fsp3) is 0.0769. The number of aromatic nitrogens is 1. The first-order valence-electron chi connectivity index (χ1n) is 5.08. The Morgan fingerprint density at radius 3 is 2.93 bits per heavy atom. The van der Waals surface area contributed by atoms with Crippen LogP contribution in [0.4, 0.5) is 0 Å². The molecule has 0 saturated heterocycles. The van der Waals surface area contributed by atoms with Crippen molar-refractivity contribution in [2.45, 2.75) is 6.42 Å². The molecule has 3 rings (SSSR count). The molecule has 1 heterocycles. The molecule has 0 spiro atoms. The van der Waals surface area contributed by atoms with Crippen molar-refractivity contribution in [3.63, 3.8) is 0 Å². The summed E-state index contributed by atoms with van der Waals surface area (Å²) in [4.78, 5) is 0. The number of para-hydroxylation sites is 1. The fourth-order valence-electron chi connectivity index (χ4n) is 2.16. The van der Waals surface area contributed by atoms with Gasteiger partial charge in [-0.3, -0.25) is 4.68 Å². The number of rotatable bonds is 0. The SMILES string of the molecule is Nn1c2c(c3ccccc31)CC=CC=C2. The first kappa shape index (κ1) is 8.36. The van der Waals surface area contributed by atoms with Gasteiger partial charge in [0, 0.05) is 5.39 Å². The van der Waals surface area contributed by atoms with Crippen LogP contribution in [0.25, 0.3) is 17.0 Å². The monoisotopic (exact) mass is 196 g/mol. The second kappa shape index (κ2) is 3.02. The molecule has 1 aromatic carbocycles. The quantitative estimate of drug-likeness (QED) is 0.645. The summed E-state index contributed by atoms with van der Waals surface area (Å²) in [7, 11) is 0. The highest BCUT2D eigenvalue weighted by Crippen LogP contribution is 2.27. The van der Waals surface area contributed by atoms with E-state index in [0.29, 0.717) is 0 Å². The topological polar surface area (TPSA) is 30.9 Å². The molecule has 2 aromatic rings. The van der Waals surface area contributed by atoms with Crippen molar-refractivity contribution < 1.29 is 0 Å². The molecule has 0 fully saturated rings. The highest BCUT2D eigenvalue weighted by atomic mass is 15.3. The van der Waals surface area contributed by atoms with Crippen LogP contribution in [0.5, 0.6) is 0 Å². The van der Waals surface area contributed by atoms with Gasteiger partial charge in [-0.15, -0.1) is 0 Å². The lowest BCUT2D eigenvalue weighted by atomic mass is 10.1. The molecule has 2 N–H and O–H groups in total. The van der Waals surface area contributed by atoms with Crippen LogP contribution in [-0.2, 0) is 6.42 Å². The Balaban J connectivity index is 2.44. The van der Waals surface area contributed by atoms with Crippen molar-refractivity contribution in [2.75, 3.05) is 5.84 Å². The molecule has 1 aliphatic rings. The van der Waals surface area contributed by atoms with Gasteiger partial charge in [0.1, 0.15) is 0 Å². The van der Waals surface area contributed by atoms with Crippen LogP contribution in [0.1, 0.15) is 11.3 Å². The van der Waals surface area contributed by atoms with Gasteiger partial charge in [-0.2, -0.15) is 0 Å². The lowest BCUT2D eigenvalue weighted by Gasteiger charge is -1.99. The third-order valence-corrected chi connectivity index (χ3v) is 2.88. The molecule has 74 valence electrons. The first-order valence-corrected chi connectivity index (χ1v) is 5.08. The van der Waals surface area contributed by atoms with E-state index >= 15 is 0 Å². The van der Waals surface area contributed by atoms with Crippen LogP contribution in [0, 0.1) is 0 Å². The van der Waals surface area contributed by atoms with Crippen LogP contribution >= 0.6 is 0 Å². The van der Waals surface area contributed by atoms with E-state index in [1.807, 2.05) is 12.1 Å². The van der Waals surface area contributed by atoms with E-state index in [-0.39, 0.29) is 0 Å². The third-order valence-electron chi connectivity index (χ3n) is 2.88. The Labute approximate surface area is 88.3 Å². The first-order chi connectivity index (χ1) is 7.38. The van der Waals surface area contributed by atoms with Crippen LogP contribution in [-0.4, -0.2) is 4.68 Å². The lowest BCUT2D eigenvalue weighted by molar-refractivity contribution is 1.03. The summed E-state index contributed by atoms with van der Waals surface area (Å²) < 4.78 is 1.77. The van der Waals surface area contributed by atoms with Crippen molar-refractivity contribution in [1.29, 1.82) is 0 Å².